The number of likely N-dealkylation sites (tertiary alicyclic amines) is 1. The number of ether oxygens (including phenoxy) is 1. The molecule has 1 saturated heterocycles. The molecule has 1 unspecified atom stereocenters. The number of carbonyl (C=O) groups is 1. The van der Waals surface area contributed by atoms with Crippen molar-refractivity contribution in [3.05, 3.63) is 36.2 Å². The standard InChI is InChI=1S/C22H31N5O2/c1-25-13-10-18(11-14-25)26(15-16-29-2)22(28)19-9-6-12-27-20(23-24-21(19)27)17-7-4-3-5-8-17/h3-5,7-8,18-19H,6,9-16H2,1-2H3. The molecule has 2 aliphatic rings. The van der Waals surface area contributed by atoms with Crippen LogP contribution in [0.25, 0.3) is 11.4 Å². The number of hydrogen-bond donors (Lipinski definition) is 0. The van der Waals surface area contributed by atoms with E-state index in [1.807, 2.05) is 30.3 Å². The average Bonchev–Trinajstić information content (AvgIpc) is 3.20. The van der Waals surface area contributed by atoms with Gasteiger partial charge < -0.3 is 19.1 Å². The topological polar surface area (TPSA) is 63.5 Å². The first-order chi connectivity index (χ1) is 14.2. The van der Waals surface area contributed by atoms with Crippen molar-refractivity contribution in [2.45, 2.75) is 44.2 Å². The second-order valence-electron chi connectivity index (χ2n) is 8.15. The van der Waals surface area contributed by atoms with Crippen LogP contribution in [0.4, 0.5) is 0 Å². The van der Waals surface area contributed by atoms with E-state index in [1.54, 1.807) is 7.11 Å². The number of nitrogens with zero attached hydrogens (tertiary/aromatic N) is 5. The van der Waals surface area contributed by atoms with Crippen LogP contribution in [-0.2, 0) is 16.1 Å². The molecule has 3 heterocycles. The van der Waals surface area contributed by atoms with Crippen molar-refractivity contribution in [2.75, 3.05) is 40.4 Å². The Labute approximate surface area is 172 Å². The largest absolute Gasteiger partial charge is 0.383 e. The maximum atomic E-state index is 13.7. The minimum Gasteiger partial charge on any atom is -0.383 e. The Morgan fingerprint density at radius 1 is 1.14 bits per heavy atom. The Kier molecular flexibility index (Phi) is 6.25. The van der Waals surface area contributed by atoms with Gasteiger partial charge in [-0.3, -0.25) is 4.79 Å². The van der Waals surface area contributed by atoms with Gasteiger partial charge in [-0.1, -0.05) is 30.3 Å². The summed E-state index contributed by atoms with van der Waals surface area (Å²) in [5, 5.41) is 8.94. The first-order valence-corrected chi connectivity index (χ1v) is 10.7. The van der Waals surface area contributed by atoms with E-state index in [9.17, 15) is 4.79 Å². The molecule has 1 atom stereocenters. The molecule has 0 N–H and O–H groups in total. The highest BCUT2D eigenvalue weighted by Gasteiger charge is 2.36. The third-order valence-corrected chi connectivity index (χ3v) is 6.24. The van der Waals surface area contributed by atoms with Crippen molar-refractivity contribution in [3.8, 4) is 11.4 Å². The second kappa shape index (κ2) is 9.05. The molecule has 1 aromatic heterocycles. The Morgan fingerprint density at radius 3 is 2.62 bits per heavy atom. The first kappa shape index (κ1) is 20.0. The lowest BCUT2D eigenvalue weighted by Crippen LogP contribution is -2.49. The van der Waals surface area contributed by atoms with E-state index in [-0.39, 0.29) is 17.9 Å². The number of benzene rings is 1. The molecule has 0 saturated carbocycles. The summed E-state index contributed by atoms with van der Waals surface area (Å²) in [5.74, 6) is 1.64. The lowest BCUT2D eigenvalue weighted by molar-refractivity contribution is -0.137. The first-order valence-electron chi connectivity index (χ1n) is 10.7. The monoisotopic (exact) mass is 397 g/mol. The molecule has 0 radical (unpaired) electrons. The smallest absolute Gasteiger partial charge is 0.233 e. The number of piperidine rings is 1. The quantitative estimate of drug-likeness (QED) is 0.749. The normalized spacial score (nSPS) is 20.4. The number of aromatic nitrogens is 3. The van der Waals surface area contributed by atoms with Gasteiger partial charge in [0, 0.05) is 31.8 Å². The lowest BCUT2D eigenvalue weighted by Gasteiger charge is -2.39. The predicted octanol–water partition coefficient (Wildman–Crippen LogP) is 2.39. The van der Waals surface area contributed by atoms with Gasteiger partial charge >= 0.3 is 0 Å². The molecule has 0 bridgehead atoms. The van der Waals surface area contributed by atoms with Crippen molar-refractivity contribution < 1.29 is 9.53 Å². The molecule has 156 valence electrons. The van der Waals surface area contributed by atoms with Crippen LogP contribution < -0.4 is 0 Å². The zero-order valence-electron chi connectivity index (χ0n) is 17.5. The molecular formula is C22H31N5O2. The summed E-state index contributed by atoms with van der Waals surface area (Å²) >= 11 is 0. The fourth-order valence-corrected chi connectivity index (χ4v) is 4.58. The average molecular weight is 398 g/mol. The molecule has 0 spiro atoms. The Balaban J connectivity index is 1.59. The minimum absolute atomic E-state index is 0.185. The molecule has 1 fully saturated rings. The molecule has 0 aliphatic carbocycles. The Bertz CT molecular complexity index is 814. The third-order valence-electron chi connectivity index (χ3n) is 6.24. The number of methoxy groups -OCH3 is 1. The predicted molar refractivity (Wildman–Crippen MR) is 112 cm³/mol. The van der Waals surface area contributed by atoms with Crippen LogP contribution in [0, 0.1) is 0 Å². The van der Waals surface area contributed by atoms with E-state index < -0.39 is 0 Å². The van der Waals surface area contributed by atoms with Gasteiger partial charge in [0.2, 0.25) is 5.91 Å². The van der Waals surface area contributed by atoms with Crippen molar-refractivity contribution in [1.29, 1.82) is 0 Å². The lowest BCUT2D eigenvalue weighted by atomic mass is 9.94. The summed E-state index contributed by atoms with van der Waals surface area (Å²) in [6.45, 7) is 4.12. The van der Waals surface area contributed by atoms with E-state index in [4.69, 9.17) is 4.74 Å². The van der Waals surface area contributed by atoms with E-state index in [1.165, 1.54) is 0 Å². The summed E-state index contributed by atoms with van der Waals surface area (Å²) < 4.78 is 7.46. The third kappa shape index (κ3) is 4.21. The fraction of sp³-hybridized carbons (Fsp3) is 0.591. The van der Waals surface area contributed by atoms with Crippen LogP contribution in [0.3, 0.4) is 0 Å². The van der Waals surface area contributed by atoms with Gasteiger partial charge in [-0.2, -0.15) is 0 Å². The van der Waals surface area contributed by atoms with Crippen LogP contribution >= 0.6 is 0 Å². The van der Waals surface area contributed by atoms with E-state index in [2.05, 4.69) is 31.6 Å². The van der Waals surface area contributed by atoms with Crippen LogP contribution in [0.5, 0.6) is 0 Å². The summed E-state index contributed by atoms with van der Waals surface area (Å²) in [6.07, 6.45) is 3.83. The summed E-state index contributed by atoms with van der Waals surface area (Å²) in [7, 11) is 3.84. The van der Waals surface area contributed by atoms with E-state index in [0.717, 1.165) is 62.5 Å². The van der Waals surface area contributed by atoms with Crippen LogP contribution in [0.1, 0.15) is 37.4 Å². The number of carbonyl (C=O) groups excluding carboxylic acids is 1. The van der Waals surface area contributed by atoms with Crippen molar-refractivity contribution in [2.24, 2.45) is 0 Å². The molecule has 2 aliphatic heterocycles. The zero-order valence-corrected chi connectivity index (χ0v) is 17.5. The summed E-state index contributed by atoms with van der Waals surface area (Å²) in [5.41, 5.74) is 1.05. The zero-order chi connectivity index (χ0) is 20.2. The molecule has 7 heteroatoms. The van der Waals surface area contributed by atoms with Gasteiger partial charge in [0.25, 0.3) is 0 Å². The molecule has 1 aromatic carbocycles. The summed E-state index contributed by atoms with van der Waals surface area (Å²) in [6, 6.07) is 10.4. The highest BCUT2D eigenvalue weighted by molar-refractivity contribution is 5.83. The van der Waals surface area contributed by atoms with E-state index >= 15 is 0 Å². The number of amides is 1. The fourth-order valence-electron chi connectivity index (χ4n) is 4.58. The van der Waals surface area contributed by atoms with Gasteiger partial charge in [-0.25, -0.2) is 0 Å². The van der Waals surface area contributed by atoms with Gasteiger partial charge in [0.1, 0.15) is 5.82 Å². The van der Waals surface area contributed by atoms with Crippen molar-refractivity contribution in [3.63, 3.8) is 0 Å². The Morgan fingerprint density at radius 2 is 1.90 bits per heavy atom. The molecule has 1 amide bonds. The van der Waals surface area contributed by atoms with Crippen molar-refractivity contribution >= 4 is 5.91 Å². The Hall–Kier alpha value is -2.25. The minimum atomic E-state index is -0.217. The molecule has 4 rings (SSSR count). The molecular weight excluding hydrogens is 366 g/mol. The summed E-state index contributed by atoms with van der Waals surface area (Å²) in [4.78, 5) is 18.1. The highest BCUT2D eigenvalue weighted by Crippen LogP contribution is 2.32. The van der Waals surface area contributed by atoms with Gasteiger partial charge in [-0.15, -0.1) is 10.2 Å². The van der Waals surface area contributed by atoms with E-state index in [0.29, 0.717) is 13.2 Å². The number of rotatable bonds is 6. The maximum Gasteiger partial charge on any atom is 0.233 e. The molecule has 29 heavy (non-hydrogen) atoms. The van der Waals surface area contributed by atoms with Crippen LogP contribution in [-0.4, -0.2) is 76.9 Å². The van der Waals surface area contributed by atoms with Gasteiger partial charge in [-0.05, 0) is 45.8 Å². The molecule has 7 nitrogen and oxygen atoms in total. The van der Waals surface area contributed by atoms with Gasteiger partial charge in [0.15, 0.2) is 5.82 Å². The van der Waals surface area contributed by atoms with Gasteiger partial charge in [0.05, 0.1) is 12.5 Å². The number of fused-ring (bicyclic) bond motifs is 1. The van der Waals surface area contributed by atoms with Crippen LogP contribution in [0.2, 0.25) is 0 Å². The second-order valence-corrected chi connectivity index (χ2v) is 8.15. The van der Waals surface area contributed by atoms with Crippen LogP contribution in [0.15, 0.2) is 30.3 Å². The number of hydrogen-bond acceptors (Lipinski definition) is 5. The maximum absolute atomic E-state index is 13.7. The SMILES string of the molecule is COCCN(C(=O)C1CCCn2c(-c3ccccc3)nnc21)C1CCN(C)CC1. The molecule has 2 aromatic rings. The van der Waals surface area contributed by atoms with Crippen molar-refractivity contribution in [1.82, 2.24) is 24.6 Å². The highest BCUT2D eigenvalue weighted by atomic mass is 16.5.